The molecule has 0 aromatic heterocycles. The summed E-state index contributed by atoms with van der Waals surface area (Å²) in [7, 11) is 0. The van der Waals surface area contributed by atoms with Gasteiger partial charge in [0.05, 0.1) is 0 Å². The molecule has 0 spiro atoms. The Bertz CT molecular complexity index is 466. The molecule has 2 atom stereocenters. The number of hydrogen-bond acceptors (Lipinski definition) is 2. The monoisotopic (exact) mass is 288 g/mol. The van der Waals surface area contributed by atoms with Crippen molar-refractivity contribution < 1.29 is 0 Å². The highest BCUT2D eigenvalue weighted by molar-refractivity contribution is 5.40. The molecule has 118 valence electrons. The highest BCUT2D eigenvalue weighted by atomic mass is 15.2. The molecule has 1 fully saturated rings. The summed E-state index contributed by atoms with van der Waals surface area (Å²) in [5, 5.41) is 3.61. The lowest BCUT2D eigenvalue weighted by Crippen LogP contribution is -2.53. The van der Waals surface area contributed by atoms with Crippen molar-refractivity contribution in [3.63, 3.8) is 0 Å². The smallest absolute Gasteiger partial charge is 0.0240 e. The second kappa shape index (κ2) is 6.10. The summed E-state index contributed by atoms with van der Waals surface area (Å²) in [4.78, 5) is 2.60. The highest BCUT2D eigenvalue weighted by Gasteiger charge is 2.22. The van der Waals surface area contributed by atoms with Gasteiger partial charge in [-0.1, -0.05) is 32.9 Å². The topological polar surface area (TPSA) is 15.3 Å². The van der Waals surface area contributed by atoms with Crippen molar-refractivity contribution in [3.8, 4) is 0 Å². The van der Waals surface area contributed by atoms with E-state index in [2.05, 4.69) is 70.8 Å². The Morgan fingerprint density at radius 1 is 1.05 bits per heavy atom. The van der Waals surface area contributed by atoms with Gasteiger partial charge in [-0.05, 0) is 55.4 Å². The van der Waals surface area contributed by atoms with E-state index in [4.69, 9.17) is 0 Å². The molecule has 0 bridgehead atoms. The zero-order valence-corrected chi connectivity index (χ0v) is 14.9. The van der Waals surface area contributed by atoms with Gasteiger partial charge in [0.2, 0.25) is 0 Å². The number of rotatable bonds is 2. The van der Waals surface area contributed by atoms with Gasteiger partial charge in [-0.25, -0.2) is 0 Å². The minimum absolute atomic E-state index is 0.228. The maximum Gasteiger partial charge on any atom is 0.0240 e. The Hall–Kier alpha value is -0.860. The molecule has 21 heavy (non-hydrogen) atoms. The molecule has 0 radical (unpaired) electrons. The number of nitrogens with zero attached hydrogens (tertiary/aromatic N) is 1. The van der Waals surface area contributed by atoms with E-state index in [1.165, 1.54) is 22.3 Å². The number of aryl methyl sites for hydroxylation is 2. The van der Waals surface area contributed by atoms with Gasteiger partial charge in [0, 0.05) is 31.7 Å². The van der Waals surface area contributed by atoms with E-state index in [9.17, 15) is 0 Å². The molecule has 0 amide bonds. The van der Waals surface area contributed by atoms with Gasteiger partial charge in [-0.2, -0.15) is 0 Å². The predicted molar refractivity (Wildman–Crippen MR) is 92.0 cm³/mol. The van der Waals surface area contributed by atoms with Crippen molar-refractivity contribution in [2.45, 2.75) is 72.5 Å². The van der Waals surface area contributed by atoms with E-state index in [0.29, 0.717) is 12.1 Å². The zero-order valence-electron chi connectivity index (χ0n) is 14.9. The molecular weight excluding hydrogens is 256 g/mol. The van der Waals surface area contributed by atoms with Gasteiger partial charge >= 0.3 is 0 Å². The van der Waals surface area contributed by atoms with Gasteiger partial charge in [-0.3, -0.25) is 4.90 Å². The molecule has 0 saturated carbocycles. The second-order valence-corrected chi connectivity index (χ2v) is 8.00. The third-order valence-electron chi connectivity index (χ3n) is 4.58. The number of nitrogens with one attached hydrogen (secondary N) is 1. The first kappa shape index (κ1) is 16.5. The van der Waals surface area contributed by atoms with Crippen LogP contribution >= 0.6 is 0 Å². The first-order valence-corrected chi connectivity index (χ1v) is 8.26. The number of benzene rings is 1. The summed E-state index contributed by atoms with van der Waals surface area (Å²) in [5.41, 5.74) is 6.08. The SMILES string of the molecule is Cc1cc(C(C)(C)C)cc(C)c1CN1CC(C)NC(C)C1. The Morgan fingerprint density at radius 3 is 1.95 bits per heavy atom. The summed E-state index contributed by atoms with van der Waals surface area (Å²) >= 11 is 0. The van der Waals surface area contributed by atoms with Crippen molar-refractivity contribution in [3.05, 3.63) is 34.4 Å². The fraction of sp³-hybridized carbons (Fsp3) is 0.684. The normalized spacial score (nSPS) is 24.3. The summed E-state index contributed by atoms with van der Waals surface area (Å²) in [6.45, 7) is 19.4. The molecule has 2 unspecified atom stereocenters. The molecule has 1 heterocycles. The van der Waals surface area contributed by atoms with Crippen molar-refractivity contribution in [1.29, 1.82) is 0 Å². The van der Waals surface area contributed by atoms with Crippen LogP contribution < -0.4 is 5.32 Å². The lowest BCUT2D eigenvalue weighted by molar-refractivity contribution is 0.166. The van der Waals surface area contributed by atoms with Gasteiger partial charge in [0.15, 0.2) is 0 Å². The standard InChI is InChI=1S/C19H32N2/c1-13-8-17(19(5,6)7)9-14(2)18(13)12-21-10-15(3)20-16(4)11-21/h8-9,15-16,20H,10-12H2,1-7H3. The minimum Gasteiger partial charge on any atom is -0.309 e. The maximum atomic E-state index is 3.61. The van der Waals surface area contributed by atoms with Crippen molar-refractivity contribution >= 4 is 0 Å². The van der Waals surface area contributed by atoms with Crippen molar-refractivity contribution in [1.82, 2.24) is 10.2 Å². The predicted octanol–water partition coefficient (Wildman–Crippen LogP) is 3.78. The average Bonchev–Trinajstić information content (AvgIpc) is 2.31. The van der Waals surface area contributed by atoms with Crippen LogP contribution in [0.2, 0.25) is 0 Å². The number of hydrogen-bond donors (Lipinski definition) is 1. The average molecular weight is 288 g/mol. The van der Waals surface area contributed by atoms with Crippen LogP contribution in [-0.2, 0) is 12.0 Å². The van der Waals surface area contributed by atoms with E-state index in [1.807, 2.05) is 0 Å². The van der Waals surface area contributed by atoms with Crippen molar-refractivity contribution in [2.24, 2.45) is 0 Å². The second-order valence-electron chi connectivity index (χ2n) is 8.00. The van der Waals surface area contributed by atoms with Gasteiger partial charge < -0.3 is 5.32 Å². The molecule has 0 aliphatic carbocycles. The number of piperazine rings is 1. The van der Waals surface area contributed by atoms with Crippen LogP contribution in [0.15, 0.2) is 12.1 Å². The molecule has 2 rings (SSSR count). The third-order valence-corrected chi connectivity index (χ3v) is 4.58. The third kappa shape index (κ3) is 4.08. The maximum absolute atomic E-state index is 3.61. The van der Waals surface area contributed by atoms with E-state index in [0.717, 1.165) is 19.6 Å². The Morgan fingerprint density at radius 2 is 1.52 bits per heavy atom. The first-order chi connectivity index (χ1) is 9.66. The van der Waals surface area contributed by atoms with Gasteiger partial charge in [0.25, 0.3) is 0 Å². The quantitative estimate of drug-likeness (QED) is 0.891. The van der Waals surface area contributed by atoms with Gasteiger partial charge in [-0.15, -0.1) is 0 Å². The highest BCUT2D eigenvalue weighted by Crippen LogP contribution is 2.27. The van der Waals surface area contributed by atoms with Gasteiger partial charge in [0.1, 0.15) is 0 Å². The van der Waals surface area contributed by atoms with E-state index < -0.39 is 0 Å². The minimum atomic E-state index is 0.228. The largest absolute Gasteiger partial charge is 0.309 e. The molecule has 1 aromatic rings. The molecule has 1 aliphatic rings. The lowest BCUT2D eigenvalue weighted by Gasteiger charge is -2.37. The first-order valence-electron chi connectivity index (χ1n) is 8.26. The Labute approximate surface area is 130 Å². The Balaban J connectivity index is 2.21. The summed E-state index contributed by atoms with van der Waals surface area (Å²) < 4.78 is 0. The summed E-state index contributed by atoms with van der Waals surface area (Å²) in [6, 6.07) is 5.95. The fourth-order valence-corrected chi connectivity index (χ4v) is 3.47. The molecule has 1 N–H and O–H groups in total. The Kier molecular flexibility index (Phi) is 4.79. The summed E-state index contributed by atoms with van der Waals surface area (Å²) in [6.07, 6.45) is 0. The molecule has 2 heteroatoms. The van der Waals surface area contributed by atoms with Crippen LogP contribution in [0.25, 0.3) is 0 Å². The lowest BCUT2D eigenvalue weighted by atomic mass is 9.83. The molecule has 1 aromatic carbocycles. The van der Waals surface area contributed by atoms with Crippen LogP contribution in [0, 0.1) is 13.8 Å². The van der Waals surface area contributed by atoms with Crippen LogP contribution in [0.4, 0.5) is 0 Å². The van der Waals surface area contributed by atoms with E-state index in [1.54, 1.807) is 0 Å². The van der Waals surface area contributed by atoms with Crippen molar-refractivity contribution in [2.75, 3.05) is 13.1 Å². The molecule has 1 saturated heterocycles. The molecule has 1 aliphatic heterocycles. The zero-order chi connectivity index (χ0) is 15.8. The van der Waals surface area contributed by atoms with Crippen LogP contribution in [0.3, 0.4) is 0 Å². The van der Waals surface area contributed by atoms with Crippen LogP contribution in [-0.4, -0.2) is 30.1 Å². The van der Waals surface area contributed by atoms with E-state index >= 15 is 0 Å². The fourth-order valence-electron chi connectivity index (χ4n) is 3.47. The molecule has 2 nitrogen and oxygen atoms in total. The molecular formula is C19H32N2. The van der Waals surface area contributed by atoms with Crippen LogP contribution in [0.1, 0.15) is 56.9 Å². The van der Waals surface area contributed by atoms with Crippen LogP contribution in [0.5, 0.6) is 0 Å². The summed E-state index contributed by atoms with van der Waals surface area (Å²) in [5.74, 6) is 0. The van der Waals surface area contributed by atoms with E-state index in [-0.39, 0.29) is 5.41 Å².